The minimum absolute atomic E-state index is 0.168. The van der Waals surface area contributed by atoms with Crippen LogP contribution in [-0.2, 0) is 6.42 Å². The van der Waals surface area contributed by atoms with Crippen molar-refractivity contribution >= 4 is 23.5 Å². The Morgan fingerprint density at radius 2 is 2.00 bits per heavy atom. The summed E-state index contributed by atoms with van der Waals surface area (Å²) in [7, 11) is 0. The zero-order valence-electron chi connectivity index (χ0n) is 14.9. The number of alkyl halides is 3. The van der Waals surface area contributed by atoms with Gasteiger partial charge < -0.3 is 4.74 Å². The molecule has 0 unspecified atom stereocenters. The van der Waals surface area contributed by atoms with Gasteiger partial charge in [0, 0.05) is 17.9 Å². The van der Waals surface area contributed by atoms with E-state index in [0.717, 1.165) is 30.0 Å². The van der Waals surface area contributed by atoms with E-state index < -0.39 is 6.36 Å². The summed E-state index contributed by atoms with van der Waals surface area (Å²) in [6.07, 6.45) is -3.01. The van der Waals surface area contributed by atoms with Crippen LogP contribution in [0.15, 0.2) is 39.1 Å². The van der Waals surface area contributed by atoms with E-state index in [1.165, 1.54) is 52.4 Å². The first-order valence-corrected chi connectivity index (χ1v) is 10.5. The standard InChI is InChI=1S/C18H19F3N2O2S2/c1-11(2)7-9-27-17-22-14-8-10-26-15(14)16(24)23(17)12-3-5-13(6-4-12)25-18(19,20)21/h3-6,11H,7-10H2,1-2H3. The molecule has 0 amide bonds. The molecular weight excluding hydrogens is 397 g/mol. The molecule has 2 aromatic rings. The number of hydrogen-bond donors (Lipinski definition) is 0. The molecule has 1 aliphatic rings. The SMILES string of the molecule is CC(C)CCSc1nc2c(c(=O)n1-c1ccc(OC(F)(F)F)cc1)SCC2. The monoisotopic (exact) mass is 416 g/mol. The second-order valence-corrected chi connectivity index (χ2v) is 8.65. The fourth-order valence-electron chi connectivity index (χ4n) is 2.60. The highest BCUT2D eigenvalue weighted by Crippen LogP contribution is 2.31. The molecule has 2 heterocycles. The van der Waals surface area contributed by atoms with Crippen molar-refractivity contribution in [1.29, 1.82) is 0 Å². The van der Waals surface area contributed by atoms with Gasteiger partial charge in [0.2, 0.25) is 0 Å². The Bertz CT molecular complexity index is 865. The summed E-state index contributed by atoms with van der Waals surface area (Å²) >= 11 is 2.97. The molecule has 1 aliphatic heterocycles. The van der Waals surface area contributed by atoms with Crippen molar-refractivity contribution in [2.24, 2.45) is 5.92 Å². The lowest BCUT2D eigenvalue weighted by molar-refractivity contribution is -0.274. The van der Waals surface area contributed by atoms with E-state index in [9.17, 15) is 18.0 Å². The average molecular weight is 416 g/mol. The van der Waals surface area contributed by atoms with Gasteiger partial charge in [-0.15, -0.1) is 24.9 Å². The highest BCUT2D eigenvalue weighted by atomic mass is 32.2. The smallest absolute Gasteiger partial charge is 0.406 e. The van der Waals surface area contributed by atoms with E-state index in [-0.39, 0.29) is 11.3 Å². The second kappa shape index (κ2) is 8.18. The second-order valence-electron chi connectivity index (χ2n) is 6.48. The average Bonchev–Trinajstić information content (AvgIpc) is 3.03. The van der Waals surface area contributed by atoms with Crippen molar-refractivity contribution in [3.8, 4) is 11.4 Å². The highest BCUT2D eigenvalue weighted by Gasteiger charge is 2.31. The van der Waals surface area contributed by atoms with Crippen molar-refractivity contribution < 1.29 is 17.9 Å². The third kappa shape index (κ3) is 5.01. The van der Waals surface area contributed by atoms with E-state index in [0.29, 0.717) is 21.7 Å². The van der Waals surface area contributed by atoms with Crippen LogP contribution in [0.3, 0.4) is 0 Å². The predicted octanol–water partition coefficient (Wildman–Crippen LogP) is 4.92. The van der Waals surface area contributed by atoms with Gasteiger partial charge in [-0.1, -0.05) is 25.6 Å². The summed E-state index contributed by atoms with van der Waals surface area (Å²) in [6, 6.07) is 5.31. The zero-order valence-corrected chi connectivity index (χ0v) is 16.5. The first kappa shape index (κ1) is 20.1. The lowest BCUT2D eigenvalue weighted by Gasteiger charge is -2.15. The van der Waals surface area contributed by atoms with Crippen molar-refractivity contribution in [2.75, 3.05) is 11.5 Å². The van der Waals surface area contributed by atoms with E-state index >= 15 is 0 Å². The zero-order chi connectivity index (χ0) is 19.6. The van der Waals surface area contributed by atoms with Crippen LogP contribution < -0.4 is 10.3 Å². The quantitative estimate of drug-likeness (QED) is 0.494. The molecule has 0 N–H and O–H groups in total. The lowest BCUT2D eigenvalue weighted by atomic mass is 10.2. The summed E-state index contributed by atoms with van der Waals surface area (Å²) in [5.41, 5.74) is 1.12. The third-order valence-electron chi connectivity index (χ3n) is 3.92. The normalized spacial score (nSPS) is 13.9. The molecule has 0 saturated heterocycles. The molecule has 4 nitrogen and oxygen atoms in total. The minimum Gasteiger partial charge on any atom is -0.406 e. The summed E-state index contributed by atoms with van der Waals surface area (Å²) < 4.78 is 42.5. The maximum Gasteiger partial charge on any atom is 0.573 e. The first-order chi connectivity index (χ1) is 12.7. The van der Waals surface area contributed by atoms with Crippen LogP contribution in [0.2, 0.25) is 0 Å². The Morgan fingerprint density at radius 1 is 1.30 bits per heavy atom. The van der Waals surface area contributed by atoms with Crippen molar-refractivity contribution in [2.45, 2.75) is 43.1 Å². The Balaban J connectivity index is 1.96. The van der Waals surface area contributed by atoms with Gasteiger partial charge in [0.05, 0.1) is 16.3 Å². The number of ether oxygens (including phenoxy) is 1. The van der Waals surface area contributed by atoms with Crippen LogP contribution in [-0.4, -0.2) is 27.4 Å². The Hall–Kier alpha value is -1.61. The number of benzene rings is 1. The molecule has 146 valence electrons. The molecule has 1 aromatic heterocycles. The van der Waals surface area contributed by atoms with Gasteiger partial charge in [-0.25, -0.2) is 4.98 Å². The first-order valence-electron chi connectivity index (χ1n) is 8.52. The number of aryl methyl sites for hydroxylation is 1. The summed E-state index contributed by atoms with van der Waals surface area (Å²) in [4.78, 5) is 18.3. The lowest BCUT2D eigenvalue weighted by Crippen LogP contribution is -2.24. The molecule has 27 heavy (non-hydrogen) atoms. The number of nitrogens with zero attached hydrogens (tertiary/aromatic N) is 2. The fraction of sp³-hybridized carbons (Fsp3) is 0.444. The van der Waals surface area contributed by atoms with Crippen LogP contribution >= 0.6 is 23.5 Å². The van der Waals surface area contributed by atoms with E-state index in [2.05, 4.69) is 23.6 Å². The van der Waals surface area contributed by atoms with Gasteiger partial charge in [0.25, 0.3) is 5.56 Å². The largest absolute Gasteiger partial charge is 0.573 e. The molecule has 0 spiro atoms. The molecule has 1 aromatic carbocycles. The molecule has 3 rings (SSSR count). The Kier molecular flexibility index (Phi) is 6.10. The van der Waals surface area contributed by atoms with Crippen LogP contribution in [0.5, 0.6) is 5.75 Å². The maximum absolute atomic E-state index is 13.0. The highest BCUT2D eigenvalue weighted by molar-refractivity contribution is 7.99. The minimum atomic E-state index is -4.75. The number of halogens is 3. The molecule has 0 radical (unpaired) electrons. The Labute approximate surface area is 163 Å². The number of fused-ring (bicyclic) bond motifs is 1. The number of rotatable bonds is 6. The van der Waals surface area contributed by atoms with Gasteiger partial charge in [-0.05, 0) is 36.6 Å². The van der Waals surface area contributed by atoms with Crippen LogP contribution in [0, 0.1) is 5.92 Å². The van der Waals surface area contributed by atoms with Crippen LogP contribution in [0.4, 0.5) is 13.2 Å². The summed E-state index contributed by atoms with van der Waals surface area (Å²) in [5.74, 6) is 1.83. The molecule has 0 atom stereocenters. The van der Waals surface area contributed by atoms with Crippen molar-refractivity contribution in [3.63, 3.8) is 0 Å². The molecule has 0 aliphatic carbocycles. The van der Waals surface area contributed by atoms with E-state index in [4.69, 9.17) is 0 Å². The Morgan fingerprint density at radius 3 is 2.63 bits per heavy atom. The van der Waals surface area contributed by atoms with Gasteiger partial charge in [0.1, 0.15) is 5.75 Å². The van der Waals surface area contributed by atoms with Gasteiger partial charge in [-0.3, -0.25) is 9.36 Å². The van der Waals surface area contributed by atoms with Gasteiger partial charge >= 0.3 is 6.36 Å². The summed E-state index contributed by atoms with van der Waals surface area (Å²) in [5, 5.41) is 0.575. The molecule has 9 heteroatoms. The van der Waals surface area contributed by atoms with Gasteiger partial charge in [-0.2, -0.15) is 0 Å². The predicted molar refractivity (Wildman–Crippen MR) is 101 cm³/mol. The fourth-order valence-corrected chi connectivity index (χ4v) is 4.89. The number of hydrogen-bond acceptors (Lipinski definition) is 5. The van der Waals surface area contributed by atoms with Crippen LogP contribution in [0.1, 0.15) is 26.0 Å². The van der Waals surface area contributed by atoms with Crippen molar-refractivity contribution in [1.82, 2.24) is 9.55 Å². The molecular formula is C18H19F3N2O2S2. The number of thioether (sulfide) groups is 2. The van der Waals surface area contributed by atoms with E-state index in [1.807, 2.05) is 0 Å². The van der Waals surface area contributed by atoms with Gasteiger partial charge in [0.15, 0.2) is 5.16 Å². The van der Waals surface area contributed by atoms with Crippen molar-refractivity contribution in [3.05, 3.63) is 40.3 Å². The van der Waals surface area contributed by atoms with E-state index in [1.54, 1.807) is 0 Å². The molecule has 0 fully saturated rings. The third-order valence-corrected chi connectivity index (χ3v) is 6.00. The maximum atomic E-state index is 13.0. The molecule has 0 bridgehead atoms. The number of aromatic nitrogens is 2. The topological polar surface area (TPSA) is 44.1 Å². The molecule has 0 saturated carbocycles. The van der Waals surface area contributed by atoms with Crippen LogP contribution in [0.25, 0.3) is 5.69 Å². The summed E-state index contributed by atoms with van der Waals surface area (Å²) in [6.45, 7) is 4.25.